The predicted octanol–water partition coefficient (Wildman–Crippen LogP) is 3.56. The van der Waals surface area contributed by atoms with Gasteiger partial charge in [-0.3, -0.25) is 4.90 Å². The molecular weight excluding hydrogens is 220 g/mol. The molecule has 1 aliphatic heterocycles. The van der Waals surface area contributed by atoms with Gasteiger partial charge in [-0.15, -0.1) is 0 Å². The molecule has 2 aliphatic rings. The second-order valence-electron chi connectivity index (χ2n) is 6.42. The minimum atomic E-state index is 0.781. The van der Waals surface area contributed by atoms with E-state index in [0.717, 1.165) is 18.1 Å². The highest BCUT2D eigenvalue weighted by Gasteiger charge is 2.33. The summed E-state index contributed by atoms with van der Waals surface area (Å²) in [5, 5.41) is 3.66. The van der Waals surface area contributed by atoms with Crippen molar-refractivity contribution in [2.75, 3.05) is 13.1 Å². The smallest absolute Gasteiger partial charge is 0.0195 e. The fraction of sp³-hybridized carbons (Fsp3) is 1.00. The summed E-state index contributed by atoms with van der Waals surface area (Å²) in [6.07, 6.45) is 12.7. The second-order valence-corrected chi connectivity index (χ2v) is 6.42. The molecule has 0 aromatic rings. The number of nitrogens with one attached hydrogen (secondary N) is 1. The van der Waals surface area contributed by atoms with Crippen LogP contribution < -0.4 is 5.32 Å². The number of hydrogen-bond donors (Lipinski definition) is 1. The maximum absolute atomic E-state index is 3.66. The van der Waals surface area contributed by atoms with Gasteiger partial charge in [0, 0.05) is 24.7 Å². The average Bonchev–Trinajstić information content (AvgIpc) is 3.08. The summed E-state index contributed by atoms with van der Waals surface area (Å²) in [5.41, 5.74) is 0. The van der Waals surface area contributed by atoms with Gasteiger partial charge in [-0.2, -0.15) is 0 Å². The van der Waals surface area contributed by atoms with E-state index in [-0.39, 0.29) is 0 Å². The van der Waals surface area contributed by atoms with Crippen LogP contribution >= 0.6 is 0 Å². The van der Waals surface area contributed by atoms with Crippen molar-refractivity contribution in [1.82, 2.24) is 10.2 Å². The Morgan fingerprint density at radius 2 is 2.00 bits per heavy atom. The SMILES string of the molecule is CCCCCCC(C)N(CC1CCCN1)C1CC1. The molecule has 0 aromatic carbocycles. The Labute approximate surface area is 114 Å². The van der Waals surface area contributed by atoms with Crippen LogP contribution in [0.3, 0.4) is 0 Å². The molecule has 0 spiro atoms. The summed E-state index contributed by atoms with van der Waals surface area (Å²) in [7, 11) is 0. The van der Waals surface area contributed by atoms with Crippen molar-refractivity contribution in [1.29, 1.82) is 0 Å². The van der Waals surface area contributed by atoms with Crippen LogP contribution in [0.25, 0.3) is 0 Å². The quantitative estimate of drug-likeness (QED) is 0.631. The Morgan fingerprint density at radius 3 is 2.61 bits per heavy atom. The summed E-state index contributed by atoms with van der Waals surface area (Å²) in [5.74, 6) is 0. The van der Waals surface area contributed by atoms with E-state index in [9.17, 15) is 0 Å². The van der Waals surface area contributed by atoms with Gasteiger partial charge in [-0.05, 0) is 45.6 Å². The molecule has 2 nitrogen and oxygen atoms in total. The molecule has 106 valence electrons. The van der Waals surface area contributed by atoms with E-state index in [1.54, 1.807) is 0 Å². The molecule has 2 heteroatoms. The lowest BCUT2D eigenvalue weighted by Crippen LogP contribution is -2.43. The highest BCUT2D eigenvalue weighted by atomic mass is 15.2. The zero-order chi connectivity index (χ0) is 12.8. The average molecular weight is 252 g/mol. The molecule has 1 aliphatic carbocycles. The van der Waals surface area contributed by atoms with Gasteiger partial charge in [-0.1, -0.05) is 32.6 Å². The zero-order valence-corrected chi connectivity index (χ0v) is 12.5. The van der Waals surface area contributed by atoms with Gasteiger partial charge in [-0.25, -0.2) is 0 Å². The summed E-state index contributed by atoms with van der Waals surface area (Å²) in [4.78, 5) is 2.81. The molecule has 1 saturated heterocycles. The lowest BCUT2D eigenvalue weighted by Gasteiger charge is -2.31. The highest BCUT2D eigenvalue weighted by Crippen LogP contribution is 2.30. The van der Waals surface area contributed by atoms with Crippen molar-refractivity contribution < 1.29 is 0 Å². The molecule has 0 bridgehead atoms. The highest BCUT2D eigenvalue weighted by molar-refractivity contribution is 4.90. The first-order valence-electron chi connectivity index (χ1n) is 8.30. The lowest BCUT2D eigenvalue weighted by molar-refractivity contribution is 0.170. The van der Waals surface area contributed by atoms with Crippen LogP contribution in [0.15, 0.2) is 0 Å². The van der Waals surface area contributed by atoms with E-state index >= 15 is 0 Å². The van der Waals surface area contributed by atoms with E-state index in [4.69, 9.17) is 0 Å². The maximum Gasteiger partial charge on any atom is 0.0195 e. The monoisotopic (exact) mass is 252 g/mol. The number of unbranched alkanes of at least 4 members (excludes halogenated alkanes) is 3. The van der Waals surface area contributed by atoms with E-state index in [1.807, 2.05) is 0 Å². The topological polar surface area (TPSA) is 15.3 Å². The standard InChI is InChI=1S/C16H32N2/c1-3-4-5-6-8-14(2)18(16-10-11-16)13-15-9-7-12-17-15/h14-17H,3-13H2,1-2H3. The first-order valence-corrected chi connectivity index (χ1v) is 8.30. The Morgan fingerprint density at radius 1 is 1.17 bits per heavy atom. The fourth-order valence-electron chi connectivity index (χ4n) is 3.29. The number of rotatable bonds is 9. The van der Waals surface area contributed by atoms with Crippen LogP contribution in [0, 0.1) is 0 Å². The second kappa shape index (κ2) is 7.49. The molecule has 2 unspecified atom stereocenters. The Bertz CT molecular complexity index is 219. The Kier molecular flexibility index (Phi) is 5.97. The fourth-order valence-corrected chi connectivity index (χ4v) is 3.29. The van der Waals surface area contributed by atoms with E-state index in [1.165, 1.54) is 70.9 Å². The van der Waals surface area contributed by atoms with E-state index in [2.05, 4.69) is 24.1 Å². The summed E-state index contributed by atoms with van der Waals surface area (Å²) >= 11 is 0. The number of nitrogens with zero attached hydrogens (tertiary/aromatic N) is 1. The van der Waals surface area contributed by atoms with Gasteiger partial charge in [0.15, 0.2) is 0 Å². The third kappa shape index (κ3) is 4.55. The first-order chi connectivity index (χ1) is 8.81. The zero-order valence-electron chi connectivity index (χ0n) is 12.5. The van der Waals surface area contributed by atoms with Crippen LogP contribution in [-0.2, 0) is 0 Å². The summed E-state index contributed by atoms with van der Waals surface area (Å²) in [6, 6.07) is 2.51. The van der Waals surface area contributed by atoms with Gasteiger partial charge in [0.2, 0.25) is 0 Å². The van der Waals surface area contributed by atoms with Gasteiger partial charge >= 0.3 is 0 Å². The number of hydrogen-bond acceptors (Lipinski definition) is 2. The molecule has 2 fully saturated rings. The van der Waals surface area contributed by atoms with E-state index in [0.29, 0.717) is 0 Å². The van der Waals surface area contributed by atoms with Crippen LogP contribution in [-0.4, -0.2) is 36.1 Å². The van der Waals surface area contributed by atoms with Crippen molar-refractivity contribution in [2.24, 2.45) is 0 Å². The molecular formula is C16H32N2. The van der Waals surface area contributed by atoms with Gasteiger partial charge < -0.3 is 5.32 Å². The molecule has 0 amide bonds. The molecule has 0 aromatic heterocycles. The normalized spacial score (nSPS) is 25.8. The van der Waals surface area contributed by atoms with Gasteiger partial charge in [0.25, 0.3) is 0 Å². The first kappa shape index (κ1) is 14.3. The van der Waals surface area contributed by atoms with Crippen LogP contribution in [0.5, 0.6) is 0 Å². The minimum Gasteiger partial charge on any atom is -0.313 e. The third-order valence-electron chi connectivity index (χ3n) is 4.65. The molecule has 2 atom stereocenters. The van der Waals surface area contributed by atoms with Crippen molar-refractivity contribution in [2.45, 2.75) is 89.8 Å². The van der Waals surface area contributed by atoms with Crippen molar-refractivity contribution in [3.05, 3.63) is 0 Å². The van der Waals surface area contributed by atoms with Crippen molar-refractivity contribution in [3.8, 4) is 0 Å². The van der Waals surface area contributed by atoms with Crippen LogP contribution in [0.4, 0.5) is 0 Å². The Hall–Kier alpha value is -0.0800. The molecule has 1 N–H and O–H groups in total. The Balaban J connectivity index is 1.70. The maximum atomic E-state index is 3.66. The van der Waals surface area contributed by atoms with Gasteiger partial charge in [0.1, 0.15) is 0 Å². The minimum absolute atomic E-state index is 0.781. The molecule has 0 radical (unpaired) electrons. The van der Waals surface area contributed by atoms with Crippen molar-refractivity contribution >= 4 is 0 Å². The van der Waals surface area contributed by atoms with Crippen LogP contribution in [0.2, 0.25) is 0 Å². The van der Waals surface area contributed by atoms with Gasteiger partial charge in [0.05, 0.1) is 0 Å². The van der Waals surface area contributed by atoms with Crippen molar-refractivity contribution in [3.63, 3.8) is 0 Å². The van der Waals surface area contributed by atoms with E-state index < -0.39 is 0 Å². The van der Waals surface area contributed by atoms with Crippen LogP contribution in [0.1, 0.15) is 71.6 Å². The molecule has 2 rings (SSSR count). The molecule has 1 heterocycles. The third-order valence-corrected chi connectivity index (χ3v) is 4.65. The molecule has 18 heavy (non-hydrogen) atoms. The summed E-state index contributed by atoms with van der Waals surface area (Å²) < 4.78 is 0. The lowest BCUT2D eigenvalue weighted by atomic mass is 10.1. The largest absolute Gasteiger partial charge is 0.313 e. The summed E-state index contributed by atoms with van der Waals surface area (Å²) in [6.45, 7) is 7.30. The predicted molar refractivity (Wildman–Crippen MR) is 79.0 cm³/mol. The molecule has 1 saturated carbocycles.